The second-order valence-corrected chi connectivity index (χ2v) is 8.76. The van der Waals surface area contributed by atoms with Gasteiger partial charge >= 0.3 is 6.09 Å². The quantitative estimate of drug-likeness (QED) is 0.354. The Morgan fingerprint density at radius 3 is 2.57 bits per heavy atom. The smallest absolute Gasteiger partial charge is 0.410 e. The summed E-state index contributed by atoms with van der Waals surface area (Å²) in [6.45, 7) is 11.9. The van der Waals surface area contributed by atoms with E-state index in [0.29, 0.717) is 12.5 Å². The number of guanidine groups is 1. The number of amides is 1. The van der Waals surface area contributed by atoms with Gasteiger partial charge in [0.05, 0.1) is 0 Å². The van der Waals surface area contributed by atoms with Gasteiger partial charge in [-0.25, -0.2) is 4.79 Å². The second-order valence-electron chi connectivity index (χ2n) is 7.98. The van der Waals surface area contributed by atoms with Gasteiger partial charge in [-0.15, -0.1) is 24.0 Å². The molecule has 8 heteroatoms. The van der Waals surface area contributed by atoms with Crippen LogP contribution >= 0.6 is 35.3 Å². The van der Waals surface area contributed by atoms with Gasteiger partial charge in [-0.05, 0) is 68.8 Å². The van der Waals surface area contributed by atoms with Gasteiger partial charge in [0.25, 0.3) is 0 Å². The summed E-state index contributed by atoms with van der Waals surface area (Å²) in [6, 6.07) is 2.13. The highest BCUT2D eigenvalue weighted by Crippen LogP contribution is 2.20. The molecule has 1 aliphatic rings. The zero-order chi connectivity index (χ0) is 19.9. The van der Waals surface area contributed by atoms with Crippen LogP contribution in [0.3, 0.4) is 0 Å². The molecule has 0 atom stereocenters. The predicted octanol–water partition coefficient (Wildman–Crippen LogP) is 4.41. The lowest BCUT2D eigenvalue weighted by atomic mass is 9.96. The number of thiophene rings is 1. The summed E-state index contributed by atoms with van der Waals surface area (Å²) >= 11 is 1.71. The molecule has 0 aromatic carbocycles. The normalized spacial score (nSPS) is 15.8. The molecule has 0 radical (unpaired) electrons. The van der Waals surface area contributed by atoms with Crippen molar-refractivity contribution in [1.29, 1.82) is 0 Å². The molecule has 1 amide bonds. The monoisotopic (exact) mass is 522 g/mol. The van der Waals surface area contributed by atoms with E-state index < -0.39 is 5.60 Å². The van der Waals surface area contributed by atoms with Crippen LogP contribution in [0.1, 0.15) is 46.1 Å². The van der Waals surface area contributed by atoms with Crippen molar-refractivity contribution >= 4 is 47.4 Å². The van der Waals surface area contributed by atoms with E-state index in [1.165, 1.54) is 5.56 Å². The van der Waals surface area contributed by atoms with Crippen LogP contribution in [-0.2, 0) is 11.3 Å². The maximum atomic E-state index is 12.3. The van der Waals surface area contributed by atoms with Crippen molar-refractivity contribution in [3.8, 4) is 0 Å². The van der Waals surface area contributed by atoms with Crippen LogP contribution < -0.4 is 5.32 Å². The van der Waals surface area contributed by atoms with Gasteiger partial charge in [0.15, 0.2) is 5.96 Å². The highest BCUT2D eigenvalue weighted by atomic mass is 127. The predicted molar refractivity (Wildman–Crippen MR) is 128 cm³/mol. The Morgan fingerprint density at radius 2 is 2.07 bits per heavy atom. The van der Waals surface area contributed by atoms with Gasteiger partial charge in [0, 0.05) is 39.8 Å². The van der Waals surface area contributed by atoms with Crippen LogP contribution in [0, 0.1) is 5.92 Å². The largest absolute Gasteiger partial charge is 0.444 e. The fourth-order valence-corrected chi connectivity index (χ4v) is 3.87. The third-order valence-electron chi connectivity index (χ3n) is 4.67. The molecule has 1 saturated heterocycles. The Morgan fingerprint density at radius 1 is 1.39 bits per heavy atom. The Bertz CT molecular complexity index is 608. The van der Waals surface area contributed by atoms with E-state index in [2.05, 4.69) is 32.0 Å². The highest BCUT2D eigenvalue weighted by molar-refractivity contribution is 14.0. The average molecular weight is 522 g/mol. The van der Waals surface area contributed by atoms with E-state index in [-0.39, 0.29) is 30.1 Å². The maximum absolute atomic E-state index is 12.3. The molecule has 160 valence electrons. The van der Waals surface area contributed by atoms with Crippen LogP contribution in [0.15, 0.2) is 21.8 Å². The van der Waals surface area contributed by atoms with Crippen LogP contribution in [0.2, 0.25) is 0 Å². The van der Waals surface area contributed by atoms with Crippen molar-refractivity contribution in [2.45, 2.75) is 52.7 Å². The molecule has 1 aromatic rings. The van der Waals surface area contributed by atoms with Crippen molar-refractivity contribution in [3.63, 3.8) is 0 Å². The van der Waals surface area contributed by atoms with Crippen molar-refractivity contribution in [3.05, 3.63) is 22.4 Å². The van der Waals surface area contributed by atoms with Crippen molar-refractivity contribution < 1.29 is 9.53 Å². The number of rotatable bonds is 5. The van der Waals surface area contributed by atoms with Gasteiger partial charge in [-0.2, -0.15) is 11.3 Å². The summed E-state index contributed by atoms with van der Waals surface area (Å²) in [6.07, 6.45) is 1.90. The minimum absolute atomic E-state index is 0. The van der Waals surface area contributed by atoms with E-state index in [9.17, 15) is 4.79 Å². The molecular formula is C20H35IN4O2S. The fraction of sp³-hybridized carbons (Fsp3) is 0.700. The third kappa shape index (κ3) is 8.14. The Kier molecular flexibility index (Phi) is 10.6. The number of nitrogens with zero attached hydrogens (tertiary/aromatic N) is 3. The Labute approximate surface area is 190 Å². The lowest BCUT2D eigenvalue weighted by molar-refractivity contribution is 0.0214. The van der Waals surface area contributed by atoms with Crippen LogP contribution in [0.25, 0.3) is 0 Å². The first-order valence-electron chi connectivity index (χ1n) is 9.77. The molecule has 2 heterocycles. The molecule has 1 fully saturated rings. The van der Waals surface area contributed by atoms with Crippen LogP contribution in [0.4, 0.5) is 4.79 Å². The number of halogens is 1. The molecule has 0 bridgehead atoms. The topological polar surface area (TPSA) is 57.2 Å². The summed E-state index contributed by atoms with van der Waals surface area (Å²) in [5, 5.41) is 7.70. The minimum atomic E-state index is -0.450. The highest BCUT2D eigenvalue weighted by Gasteiger charge is 2.27. The Balaban J connectivity index is 0.00000392. The minimum Gasteiger partial charge on any atom is -0.444 e. The van der Waals surface area contributed by atoms with Gasteiger partial charge in [-0.3, -0.25) is 4.99 Å². The van der Waals surface area contributed by atoms with E-state index >= 15 is 0 Å². The molecule has 1 aliphatic heterocycles. The molecular weight excluding hydrogens is 487 g/mol. The number of ether oxygens (including phenoxy) is 1. The number of carbonyl (C=O) groups excluding carboxylic acids is 1. The summed E-state index contributed by atoms with van der Waals surface area (Å²) in [4.78, 5) is 20.9. The van der Waals surface area contributed by atoms with E-state index in [1.54, 1.807) is 11.3 Å². The molecule has 28 heavy (non-hydrogen) atoms. The van der Waals surface area contributed by atoms with Crippen LogP contribution in [-0.4, -0.2) is 60.7 Å². The molecule has 2 rings (SSSR count). The lowest BCUT2D eigenvalue weighted by Gasteiger charge is -2.36. The van der Waals surface area contributed by atoms with Crippen LogP contribution in [0.5, 0.6) is 0 Å². The molecule has 6 nitrogen and oxygen atoms in total. The van der Waals surface area contributed by atoms with Crippen molar-refractivity contribution in [1.82, 2.24) is 15.1 Å². The SMILES string of the molecule is CCN(CC1CCN(C(=NC)NCc2ccsc2)CC1)C(=O)OC(C)(C)C.I. The Hall–Kier alpha value is -1.03. The number of hydrogen-bond donors (Lipinski definition) is 1. The second kappa shape index (κ2) is 11.8. The van der Waals surface area contributed by atoms with Gasteiger partial charge in [0.2, 0.25) is 0 Å². The molecule has 1 aromatic heterocycles. The van der Waals surface area contributed by atoms with E-state index in [4.69, 9.17) is 4.74 Å². The number of carbonyl (C=O) groups is 1. The van der Waals surface area contributed by atoms with Gasteiger partial charge in [0.1, 0.15) is 5.60 Å². The number of aliphatic imine (C=N–C) groups is 1. The lowest BCUT2D eigenvalue weighted by Crippen LogP contribution is -2.47. The molecule has 0 aliphatic carbocycles. The van der Waals surface area contributed by atoms with E-state index in [0.717, 1.165) is 45.0 Å². The summed E-state index contributed by atoms with van der Waals surface area (Å²) in [5.74, 6) is 1.46. The number of piperidine rings is 1. The first-order valence-corrected chi connectivity index (χ1v) is 10.7. The van der Waals surface area contributed by atoms with Gasteiger partial charge < -0.3 is 19.9 Å². The third-order valence-corrected chi connectivity index (χ3v) is 5.40. The molecule has 1 N–H and O–H groups in total. The molecule has 0 saturated carbocycles. The fourth-order valence-electron chi connectivity index (χ4n) is 3.20. The number of likely N-dealkylation sites (tertiary alicyclic amines) is 1. The standard InChI is InChI=1S/C20H34N4O2S.HI/c1-6-23(19(25)26-20(2,3)4)14-16-7-10-24(11-8-16)18(21-5)22-13-17-9-12-27-15-17;/h9,12,15-16H,6-8,10-11,13-14H2,1-5H3,(H,21,22);1H. The zero-order valence-corrected chi connectivity index (χ0v) is 20.9. The summed E-state index contributed by atoms with van der Waals surface area (Å²) in [5.41, 5.74) is 0.834. The summed E-state index contributed by atoms with van der Waals surface area (Å²) in [7, 11) is 1.84. The average Bonchev–Trinajstić information content (AvgIpc) is 3.13. The van der Waals surface area contributed by atoms with Crippen molar-refractivity contribution in [2.24, 2.45) is 10.9 Å². The zero-order valence-electron chi connectivity index (χ0n) is 17.7. The van der Waals surface area contributed by atoms with E-state index in [1.807, 2.05) is 39.6 Å². The first kappa shape index (κ1) is 25.0. The summed E-state index contributed by atoms with van der Waals surface area (Å²) < 4.78 is 5.52. The molecule has 0 unspecified atom stereocenters. The van der Waals surface area contributed by atoms with Gasteiger partial charge in [-0.1, -0.05) is 0 Å². The number of hydrogen-bond acceptors (Lipinski definition) is 4. The van der Waals surface area contributed by atoms with Crippen molar-refractivity contribution in [2.75, 3.05) is 33.2 Å². The number of nitrogens with one attached hydrogen (secondary N) is 1. The molecule has 0 spiro atoms. The first-order chi connectivity index (χ1) is 12.8. The maximum Gasteiger partial charge on any atom is 0.410 e.